The molecule has 6 heteroatoms. The third-order valence-electron chi connectivity index (χ3n) is 3.37. The first-order chi connectivity index (χ1) is 9.10. The number of anilines is 1. The lowest BCUT2D eigenvalue weighted by Crippen LogP contribution is -2.53. The SMILES string of the molecule is COc1ccnc(N2CCN(C[C@H](C)O)[C@H](C)C2)n1. The highest BCUT2D eigenvalue weighted by Gasteiger charge is 2.25. The minimum absolute atomic E-state index is 0.290. The quantitative estimate of drug-likeness (QED) is 0.850. The van der Waals surface area contributed by atoms with Gasteiger partial charge in [0, 0.05) is 44.5 Å². The lowest BCUT2D eigenvalue weighted by molar-refractivity contribution is 0.0957. The molecule has 2 atom stereocenters. The predicted molar refractivity (Wildman–Crippen MR) is 73.5 cm³/mol. The Balaban J connectivity index is 2.01. The van der Waals surface area contributed by atoms with Crippen LogP contribution in [0.4, 0.5) is 5.95 Å². The minimum Gasteiger partial charge on any atom is -0.481 e. The van der Waals surface area contributed by atoms with Crippen molar-refractivity contribution in [2.24, 2.45) is 0 Å². The van der Waals surface area contributed by atoms with Crippen LogP contribution in [0.15, 0.2) is 12.3 Å². The van der Waals surface area contributed by atoms with Gasteiger partial charge in [0.1, 0.15) is 0 Å². The maximum Gasteiger partial charge on any atom is 0.228 e. The van der Waals surface area contributed by atoms with E-state index in [4.69, 9.17) is 4.74 Å². The molecule has 0 aliphatic carbocycles. The molecule has 1 aromatic heterocycles. The largest absolute Gasteiger partial charge is 0.481 e. The summed E-state index contributed by atoms with van der Waals surface area (Å²) in [5, 5.41) is 9.48. The Kier molecular flexibility index (Phi) is 4.55. The van der Waals surface area contributed by atoms with Crippen molar-refractivity contribution < 1.29 is 9.84 Å². The van der Waals surface area contributed by atoms with E-state index in [0.717, 1.165) is 19.6 Å². The highest BCUT2D eigenvalue weighted by atomic mass is 16.5. The fourth-order valence-electron chi connectivity index (χ4n) is 2.39. The van der Waals surface area contributed by atoms with Crippen LogP contribution in [0, 0.1) is 0 Å². The number of nitrogens with zero attached hydrogens (tertiary/aromatic N) is 4. The van der Waals surface area contributed by atoms with Crippen LogP contribution in [0.3, 0.4) is 0 Å². The summed E-state index contributed by atoms with van der Waals surface area (Å²) in [5.41, 5.74) is 0. The molecule has 0 spiro atoms. The Labute approximate surface area is 114 Å². The Hall–Kier alpha value is -1.40. The van der Waals surface area contributed by atoms with Gasteiger partial charge in [-0.1, -0.05) is 0 Å². The Morgan fingerprint density at radius 1 is 1.53 bits per heavy atom. The minimum atomic E-state index is -0.290. The van der Waals surface area contributed by atoms with Gasteiger partial charge in [0.05, 0.1) is 13.2 Å². The zero-order valence-electron chi connectivity index (χ0n) is 11.8. The lowest BCUT2D eigenvalue weighted by Gasteiger charge is -2.40. The topological polar surface area (TPSA) is 61.7 Å². The number of hydrogen-bond acceptors (Lipinski definition) is 6. The van der Waals surface area contributed by atoms with E-state index in [9.17, 15) is 5.11 Å². The van der Waals surface area contributed by atoms with Crippen molar-refractivity contribution >= 4 is 5.95 Å². The molecule has 1 aliphatic rings. The van der Waals surface area contributed by atoms with E-state index in [1.54, 1.807) is 19.4 Å². The molecular weight excluding hydrogens is 244 g/mol. The molecule has 0 saturated carbocycles. The third kappa shape index (κ3) is 3.54. The van der Waals surface area contributed by atoms with Gasteiger partial charge in [-0.05, 0) is 13.8 Å². The summed E-state index contributed by atoms with van der Waals surface area (Å²) in [7, 11) is 1.61. The van der Waals surface area contributed by atoms with Gasteiger partial charge in [0.2, 0.25) is 11.8 Å². The first-order valence-electron chi connectivity index (χ1n) is 6.64. The molecule has 0 unspecified atom stereocenters. The summed E-state index contributed by atoms with van der Waals surface area (Å²) < 4.78 is 5.13. The number of hydrogen-bond donors (Lipinski definition) is 1. The molecule has 0 amide bonds. The summed E-state index contributed by atoms with van der Waals surface area (Å²) in [4.78, 5) is 13.1. The third-order valence-corrected chi connectivity index (χ3v) is 3.37. The van der Waals surface area contributed by atoms with E-state index in [1.165, 1.54) is 0 Å². The average molecular weight is 266 g/mol. The average Bonchev–Trinajstić information content (AvgIpc) is 2.40. The number of aliphatic hydroxyl groups excluding tert-OH is 1. The molecule has 6 nitrogen and oxygen atoms in total. The van der Waals surface area contributed by atoms with Crippen molar-refractivity contribution in [2.75, 3.05) is 38.2 Å². The van der Waals surface area contributed by atoms with Crippen LogP contribution in [0.1, 0.15) is 13.8 Å². The molecule has 0 bridgehead atoms. The standard InChI is InChI=1S/C13H22N4O2/c1-10-8-17(7-6-16(10)9-11(2)18)13-14-5-4-12(15-13)19-3/h4-5,10-11,18H,6-9H2,1-3H3/t10-,11+/m1/s1. The fraction of sp³-hybridized carbons (Fsp3) is 0.692. The molecule has 1 aromatic rings. The number of aromatic nitrogens is 2. The maximum atomic E-state index is 9.48. The summed E-state index contributed by atoms with van der Waals surface area (Å²) in [5.74, 6) is 1.30. The van der Waals surface area contributed by atoms with E-state index in [-0.39, 0.29) is 6.10 Å². The van der Waals surface area contributed by atoms with Gasteiger partial charge in [-0.3, -0.25) is 4.90 Å². The van der Waals surface area contributed by atoms with Crippen LogP contribution in [0.2, 0.25) is 0 Å². The Morgan fingerprint density at radius 3 is 2.95 bits per heavy atom. The number of piperazine rings is 1. The van der Waals surface area contributed by atoms with Crippen LogP contribution in [-0.4, -0.2) is 65.4 Å². The smallest absolute Gasteiger partial charge is 0.228 e. The van der Waals surface area contributed by atoms with E-state index in [1.807, 2.05) is 6.92 Å². The molecule has 1 aliphatic heterocycles. The molecule has 0 radical (unpaired) electrons. The van der Waals surface area contributed by atoms with Crippen LogP contribution in [-0.2, 0) is 0 Å². The van der Waals surface area contributed by atoms with Crippen LogP contribution in [0.5, 0.6) is 5.88 Å². The summed E-state index contributed by atoms with van der Waals surface area (Å²) in [6.45, 7) is 7.34. The van der Waals surface area contributed by atoms with Crippen molar-refractivity contribution in [1.82, 2.24) is 14.9 Å². The van der Waals surface area contributed by atoms with Crippen molar-refractivity contribution in [3.05, 3.63) is 12.3 Å². The van der Waals surface area contributed by atoms with Gasteiger partial charge in [-0.25, -0.2) is 4.98 Å². The second-order valence-electron chi connectivity index (χ2n) is 5.04. The molecule has 1 saturated heterocycles. The maximum absolute atomic E-state index is 9.48. The van der Waals surface area contributed by atoms with Gasteiger partial charge in [0.25, 0.3) is 0 Å². The second-order valence-corrected chi connectivity index (χ2v) is 5.04. The van der Waals surface area contributed by atoms with Crippen molar-refractivity contribution in [3.63, 3.8) is 0 Å². The zero-order valence-corrected chi connectivity index (χ0v) is 11.8. The predicted octanol–water partition coefficient (Wildman–Crippen LogP) is 0.376. The summed E-state index contributed by atoms with van der Waals surface area (Å²) in [6.07, 6.45) is 1.43. The molecule has 106 valence electrons. The van der Waals surface area contributed by atoms with Gasteiger partial charge in [-0.2, -0.15) is 4.98 Å². The molecule has 1 fully saturated rings. The van der Waals surface area contributed by atoms with E-state index in [0.29, 0.717) is 24.4 Å². The van der Waals surface area contributed by atoms with Gasteiger partial charge in [-0.15, -0.1) is 0 Å². The number of ether oxygens (including phenoxy) is 1. The van der Waals surface area contributed by atoms with E-state index < -0.39 is 0 Å². The number of β-amino-alcohol motifs (C(OH)–C–C–N with tert-alkyl or cyclic N) is 1. The summed E-state index contributed by atoms with van der Waals surface area (Å²) in [6, 6.07) is 2.12. The first-order valence-corrected chi connectivity index (χ1v) is 6.64. The molecule has 19 heavy (non-hydrogen) atoms. The molecular formula is C13H22N4O2. The highest BCUT2D eigenvalue weighted by Crippen LogP contribution is 2.17. The van der Waals surface area contributed by atoms with Crippen LogP contribution >= 0.6 is 0 Å². The Morgan fingerprint density at radius 2 is 2.32 bits per heavy atom. The van der Waals surface area contributed by atoms with Crippen LogP contribution in [0.25, 0.3) is 0 Å². The molecule has 2 heterocycles. The number of rotatable bonds is 4. The van der Waals surface area contributed by atoms with Gasteiger partial charge in [0.15, 0.2) is 0 Å². The normalized spacial score (nSPS) is 22.3. The van der Waals surface area contributed by atoms with Crippen molar-refractivity contribution in [3.8, 4) is 5.88 Å². The summed E-state index contributed by atoms with van der Waals surface area (Å²) >= 11 is 0. The van der Waals surface area contributed by atoms with Gasteiger partial charge < -0.3 is 14.7 Å². The fourth-order valence-corrected chi connectivity index (χ4v) is 2.39. The van der Waals surface area contributed by atoms with Crippen molar-refractivity contribution in [1.29, 1.82) is 0 Å². The second kappa shape index (κ2) is 6.16. The number of aliphatic hydroxyl groups is 1. The zero-order chi connectivity index (χ0) is 13.8. The molecule has 1 N–H and O–H groups in total. The highest BCUT2D eigenvalue weighted by molar-refractivity contribution is 5.33. The molecule has 0 aromatic carbocycles. The van der Waals surface area contributed by atoms with Crippen LogP contribution < -0.4 is 9.64 Å². The molecule has 2 rings (SSSR count). The van der Waals surface area contributed by atoms with Gasteiger partial charge >= 0.3 is 0 Å². The van der Waals surface area contributed by atoms with Crippen molar-refractivity contribution in [2.45, 2.75) is 26.0 Å². The number of methoxy groups -OCH3 is 1. The van der Waals surface area contributed by atoms with E-state index >= 15 is 0 Å². The monoisotopic (exact) mass is 266 g/mol. The Bertz CT molecular complexity index is 413. The lowest BCUT2D eigenvalue weighted by atomic mass is 10.2. The first kappa shape index (κ1) is 14.0. The van der Waals surface area contributed by atoms with E-state index in [2.05, 4.69) is 26.7 Å².